The minimum Gasteiger partial charge on any atom is -0.353 e. The number of pyridine rings is 1. The molecule has 0 radical (unpaired) electrons. The van der Waals surface area contributed by atoms with Crippen LogP contribution in [-0.4, -0.2) is 42.1 Å². The summed E-state index contributed by atoms with van der Waals surface area (Å²) in [5.41, 5.74) is 1.96. The van der Waals surface area contributed by atoms with Gasteiger partial charge in [-0.05, 0) is 36.6 Å². The van der Waals surface area contributed by atoms with Crippen molar-refractivity contribution in [2.45, 2.75) is 20.8 Å². The Morgan fingerprint density at radius 3 is 2.50 bits per heavy atom. The molecule has 1 fully saturated rings. The molecule has 0 saturated carbocycles. The summed E-state index contributed by atoms with van der Waals surface area (Å²) in [6.45, 7) is 12.8. The molecule has 1 aromatic heterocycles. The fraction of sp³-hybridized carbons (Fsp3) is 0.400. The van der Waals surface area contributed by atoms with Gasteiger partial charge in [0.1, 0.15) is 5.82 Å². The van der Waals surface area contributed by atoms with Gasteiger partial charge in [0.2, 0.25) is 0 Å². The van der Waals surface area contributed by atoms with Crippen molar-refractivity contribution in [3.05, 3.63) is 59.4 Å². The number of amides is 2. The van der Waals surface area contributed by atoms with Crippen LogP contribution in [0.25, 0.3) is 0 Å². The smallest absolute Gasteiger partial charge is 0.321 e. The van der Waals surface area contributed by atoms with Crippen LogP contribution >= 0.6 is 11.6 Å². The predicted octanol–water partition coefficient (Wildman–Crippen LogP) is 4.24. The Kier molecular flexibility index (Phi) is 7.27. The largest absolute Gasteiger partial charge is 0.353 e. The van der Waals surface area contributed by atoms with E-state index in [0.717, 1.165) is 30.2 Å². The number of piperazine rings is 1. The van der Waals surface area contributed by atoms with E-state index in [1.54, 1.807) is 6.20 Å². The number of urea groups is 1. The fourth-order valence-corrected chi connectivity index (χ4v) is 2.81. The molecule has 5 nitrogen and oxygen atoms in total. The number of allylic oxidation sites excluding steroid dienone is 5. The second-order valence-electron chi connectivity index (χ2n) is 6.61. The highest BCUT2D eigenvalue weighted by Crippen LogP contribution is 2.16. The average Bonchev–Trinajstić information content (AvgIpc) is 2.62. The summed E-state index contributed by atoms with van der Waals surface area (Å²) in [6, 6.07) is 3.67. The van der Waals surface area contributed by atoms with E-state index < -0.39 is 0 Å². The van der Waals surface area contributed by atoms with E-state index in [9.17, 15) is 4.79 Å². The second-order valence-corrected chi connectivity index (χ2v) is 7.05. The number of nitrogens with one attached hydrogen (secondary N) is 1. The topological polar surface area (TPSA) is 48.5 Å². The Morgan fingerprint density at radius 1 is 1.27 bits per heavy atom. The van der Waals surface area contributed by atoms with Gasteiger partial charge in [-0.2, -0.15) is 0 Å². The molecule has 0 unspecified atom stereocenters. The average molecular weight is 375 g/mol. The molecule has 0 aromatic carbocycles. The van der Waals surface area contributed by atoms with Crippen LogP contribution in [0.3, 0.4) is 0 Å². The van der Waals surface area contributed by atoms with E-state index in [2.05, 4.69) is 35.6 Å². The standard InChI is InChI=1S/C20H27ClN4O/c1-5-17(15(2)3)7-6-16(4)23-20(26)25-12-10-24(11-13-25)19-9-8-18(21)14-22-19/h5-9,14-15H,1,10-13H2,2-4H3,(H,23,26)/b16-6+,17-7+. The van der Waals surface area contributed by atoms with E-state index in [1.165, 1.54) is 0 Å². The molecule has 0 atom stereocenters. The van der Waals surface area contributed by atoms with Crippen molar-refractivity contribution in [2.75, 3.05) is 31.1 Å². The summed E-state index contributed by atoms with van der Waals surface area (Å²) >= 11 is 5.88. The number of anilines is 1. The number of carbonyl (C=O) groups is 1. The molecule has 1 aliphatic heterocycles. The van der Waals surface area contributed by atoms with Crippen molar-refractivity contribution < 1.29 is 4.79 Å². The number of aromatic nitrogens is 1. The van der Waals surface area contributed by atoms with Crippen molar-refractivity contribution in [1.82, 2.24) is 15.2 Å². The first-order valence-corrected chi connectivity index (χ1v) is 9.22. The second kappa shape index (κ2) is 9.43. The van der Waals surface area contributed by atoms with Gasteiger partial charge in [0.15, 0.2) is 0 Å². The van der Waals surface area contributed by atoms with Crippen LogP contribution in [-0.2, 0) is 0 Å². The van der Waals surface area contributed by atoms with Gasteiger partial charge in [-0.15, -0.1) is 0 Å². The van der Waals surface area contributed by atoms with Gasteiger partial charge < -0.3 is 15.1 Å². The minimum absolute atomic E-state index is 0.0689. The zero-order valence-electron chi connectivity index (χ0n) is 15.7. The summed E-state index contributed by atoms with van der Waals surface area (Å²) in [7, 11) is 0. The molecule has 1 N–H and O–H groups in total. The maximum absolute atomic E-state index is 12.4. The zero-order chi connectivity index (χ0) is 19.1. The Balaban J connectivity index is 1.88. The summed E-state index contributed by atoms with van der Waals surface area (Å²) in [5, 5.41) is 3.57. The van der Waals surface area contributed by atoms with Crippen LogP contribution < -0.4 is 10.2 Å². The highest BCUT2D eigenvalue weighted by Gasteiger charge is 2.21. The Bertz CT molecular complexity index is 686. The lowest BCUT2D eigenvalue weighted by Crippen LogP contribution is -2.51. The van der Waals surface area contributed by atoms with Crippen molar-refractivity contribution in [2.24, 2.45) is 5.92 Å². The number of nitrogens with zero attached hydrogens (tertiary/aromatic N) is 3. The van der Waals surface area contributed by atoms with Gasteiger partial charge in [0.05, 0.1) is 5.02 Å². The van der Waals surface area contributed by atoms with E-state index in [-0.39, 0.29) is 6.03 Å². The van der Waals surface area contributed by atoms with Crippen molar-refractivity contribution in [1.29, 1.82) is 0 Å². The molecular formula is C20H27ClN4O. The van der Waals surface area contributed by atoms with Gasteiger partial charge in [-0.3, -0.25) is 0 Å². The van der Waals surface area contributed by atoms with Gasteiger partial charge in [-0.1, -0.05) is 44.2 Å². The van der Waals surface area contributed by atoms with E-state index in [0.29, 0.717) is 24.0 Å². The molecule has 1 aromatic rings. The number of hydrogen-bond donors (Lipinski definition) is 1. The number of carbonyl (C=O) groups excluding carboxylic acids is 1. The molecule has 1 saturated heterocycles. The minimum atomic E-state index is -0.0689. The molecular weight excluding hydrogens is 348 g/mol. The van der Waals surface area contributed by atoms with Crippen LogP contribution in [0.5, 0.6) is 0 Å². The molecule has 0 aliphatic carbocycles. The highest BCUT2D eigenvalue weighted by molar-refractivity contribution is 6.30. The highest BCUT2D eigenvalue weighted by atomic mass is 35.5. The van der Waals surface area contributed by atoms with Crippen LogP contribution in [0.1, 0.15) is 20.8 Å². The lowest BCUT2D eigenvalue weighted by atomic mass is 10.0. The molecule has 0 spiro atoms. The van der Waals surface area contributed by atoms with Gasteiger partial charge >= 0.3 is 6.03 Å². The molecule has 140 valence electrons. The number of rotatable bonds is 5. The summed E-state index contributed by atoms with van der Waals surface area (Å²) < 4.78 is 0. The Labute approximate surface area is 161 Å². The molecule has 2 heterocycles. The third-order valence-corrected chi connectivity index (χ3v) is 4.56. The third kappa shape index (κ3) is 5.63. The molecule has 2 amide bonds. The van der Waals surface area contributed by atoms with E-state index >= 15 is 0 Å². The first kappa shape index (κ1) is 20.0. The van der Waals surface area contributed by atoms with Crippen molar-refractivity contribution in [3.8, 4) is 0 Å². The van der Waals surface area contributed by atoms with Crippen LogP contribution in [0.4, 0.5) is 10.6 Å². The quantitative estimate of drug-likeness (QED) is 0.784. The molecule has 6 heteroatoms. The van der Waals surface area contributed by atoms with Gasteiger partial charge in [0, 0.05) is 38.1 Å². The normalized spacial score (nSPS) is 16.0. The van der Waals surface area contributed by atoms with Crippen LogP contribution in [0, 0.1) is 5.92 Å². The maximum atomic E-state index is 12.4. The first-order chi connectivity index (χ1) is 12.4. The lowest BCUT2D eigenvalue weighted by Gasteiger charge is -2.35. The molecule has 0 bridgehead atoms. The van der Waals surface area contributed by atoms with Gasteiger partial charge in [-0.25, -0.2) is 9.78 Å². The van der Waals surface area contributed by atoms with Gasteiger partial charge in [0.25, 0.3) is 0 Å². The fourth-order valence-electron chi connectivity index (χ4n) is 2.70. The molecule has 2 rings (SSSR count). The van der Waals surface area contributed by atoms with Crippen molar-refractivity contribution in [3.63, 3.8) is 0 Å². The zero-order valence-corrected chi connectivity index (χ0v) is 16.5. The molecule has 26 heavy (non-hydrogen) atoms. The Hall–Kier alpha value is -2.27. The summed E-state index contributed by atoms with van der Waals surface area (Å²) in [6.07, 6.45) is 7.41. The SMILES string of the molecule is C=C/C(=C\C=C(/C)NC(=O)N1CCN(c2ccc(Cl)cn2)CC1)C(C)C. The number of halogens is 1. The Morgan fingerprint density at radius 2 is 1.96 bits per heavy atom. The number of hydrogen-bond acceptors (Lipinski definition) is 3. The summed E-state index contributed by atoms with van der Waals surface area (Å²) in [5.74, 6) is 1.29. The maximum Gasteiger partial charge on any atom is 0.321 e. The van der Waals surface area contributed by atoms with E-state index in [4.69, 9.17) is 11.6 Å². The predicted molar refractivity (Wildman–Crippen MR) is 108 cm³/mol. The molecule has 1 aliphatic rings. The third-order valence-electron chi connectivity index (χ3n) is 4.33. The lowest BCUT2D eigenvalue weighted by molar-refractivity contribution is 0.197. The monoisotopic (exact) mass is 374 g/mol. The first-order valence-electron chi connectivity index (χ1n) is 8.84. The summed E-state index contributed by atoms with van der Waals surface area (Å²) in [4.78, 5) is 20.7. The van der Waals surface area contributed by atoms with Crippen LogP contribution in [0.15, 0.2) is 54.4 Å². The van der Waals surface area contributed by atoms with Crippen LogP contribution in [0.2, 0.25) is 5.02 Å². The van der Waals surface area contributed by atoms with Crippen molar-refractivity contribution >= 4 is 23.4 Å². The van der Waals surface area contributed by atoms with E-state index in [1.807, 2.05) is 42.2 Å².